The number of benzene rings is 3. The Bertz CT molecular complexity index is 922. The van der Waals surface area contributed by atoms with Crippen LogP contribution in [0, 0.1) is 0 Å². The third-order valence-corrected chi connectivity index (χ3v) is 6.74. The van der Waals surface area contributed by atoms with E-state index in [9.17, 15) is 5.11 Å². The lowest BCUT2D eigenvalue weighted by Gasteiger charge is -2.44. The van der Waals surface area contributed by atoms with Crippen LogP contribution >= 0.6 is 11.8 Å². The molecule has 0 saturated carbocycles. The van der Waals surface area contributed by atoms with Gasteiger partial charge < -0.3 is 19.3 Å². The fourth-order valence-corrected chi connectivity index (χ4v) is 5.01. The van der Waals surface area contributed by atoms with Crippen LogP contribution in [-0.2, 0) is 27.4 Å². The van der Waals surface area contributed by atoms with Gasteiger partial charge in [-0.25, -0.2) is 0 Å². The molecule has 5 atom stereocenters. The topological polar surface area (TPSA) is 47.9 Å². The van der Waals surface area contributed by atoms with Crippen LogP contribution in [0.15, 0.2) is 95.9 Å². The molecule has 5 heteroatoms. The SMILES string of the molecule is CCC1O[C@@H](Sc2ccccc2)C(OCc2ccccc2)[C@H](OCc2ccccc2)[C@@H]1O. The van der Waals surface area contributed by atoms with Gasteiger partial charge >= 0.3 is 0 Å². The van der Waals surface area contributed by atoms with Crippen molar-refractivity contribution in [2.75, 3.05) is 0 Å². The summed E-state index contributed by atoms with van der Waals surface area (Å²) in [5, 5.41) is 11.1. The second kappa shape index (κ2) is 11.6. The van der Waals surface area contributed by atoms with Crippen molar-refractivity contribution in [2.45, 2.75) is 61.3 Å². The Morgan fingerprint density at radius 3 is 1.78 bits per heavy atom. The minimum atomic E-state index is -0.767. The average Bonchev–Trinajstić information content (AvgIpc) is 2.85. The minimum absolute atomic E-state index is 0.296. The molecule has 4 nitrogen and oxygen atoms in total. The summed E-state index contributed by atoms with van der Waals surface area (Å²) in [5.74, 6) is 0. The Kier molecular flexibility index (Phi) is 8.37. The summed E-state index contributed by atoms with van der Waals surface area (Å²) in [6.07, 6.45) is -1.31. The number of hydrogen-bond donors (Lipinski definition) is 1. The van der Waals surface area contributed by atoms with E-state index in [1.54, 1.807) is 11.8 Å². The molecular weight excluding hydrogens is 420 g/mol. The Morgan fingerprint density at radius 2 is 1.25 bits per heavy atom. The monoisotopic (exact) mass is 450 g/mol. The van der Waals surface area contributed by atoms with E-state index >= 15 is 0 Å². The zero-order valence-corrected chi connectivity index (χ0v) is 19.1. The van der Waals surface area contributed by atoms with E-state index in [1.807, 2.05) is 85.8 Å². The largest absolute Gasteiger partial charge is 0.388 e. The number of thioether (sulfide) groups is 1. The second-order valence-corrected chi connectivity index (χ2v) is 9.07. The maximum Gasteiger partial charge on any atom is 0.136 e. The highest BCUT2D eigenvalue weighted by molar-refractivity contribution is 7.99. The molecule has 4 rings (SSSR count). The molecule has 0 aliphatic carbocycles. The van der Waals surface area contributed by atoms with Gasteiger partial charge in [0.1, 0.15) is 23.7 Å². The molecule has 0 spiro atoms. The lowest BCUT2D eigenvalue weighted by atomic mass is 9.97. The van der Waals surface area contributed by atoms with Crippen LogP contribution in [-0.4, -0.2) is 35.0 Å². The molecule has 1 saturated heterocycles. The Hall–Kier alpha value is -2.15. The molecule has 0 amide bonds. The summed E-state index contributed by atoms with van der Waals surface area (Å²) < 4.78 is 19.0. The molecule has 3 aromatic carbocycles. The normalized spacial score (nSPS) is 25.5. The number of ether oxygens (including phenoxy) is 3. The molecule has 1 fully saturated rings. The van der Waals surface area contributed by atoms with Crippen molar-refractivity contribution in [3.05, 3.63) is 102 Å². The smallest absolute Gasteiger partial charge is 0.136 e. The van der Waals surface area contributed by atoms with E-state index in [1.165, 1.54) is 0 Å². The van der Waals surface area contributed by atoms with Crippen molar-refractivity contribution in [1.82, 2.24) is 0 Å². The first-order valence-corrected chi connectivity index (χ1v) is 12.0. The summed E-state index contributed by atoms with van der Waals surface area (Å²) >= 11 is 1.62. The van der Waals surface area contributed by atoms with Gasteiger partial charge in [-0.05, 0) is 29.7 Å². The zero-order chi connectivity index (χ0) is 22.2. The molecule has 1 aliphatic rings. The van der Waals surface area contributed by atoms with Crippen molar-refractivity contribution in [3.8, 4) is 0 Å². The van der Waals surface area contributed by atoms with Crippen molar-refractivity contribution in [2.24, 2.45) is 0 Å². The summed E-state index contributed by atoms with van der Waals surface area (Å²) in [7, 11) is 0. The van der Waals surface area contributed by atoms with Crippen molar-refractivity contribution in [3.63, 3.8) is 0 Å². The van der Waals surface area contributed by atoms with Crippen LogP contribution in [0.2, 0.25) is 0 Å². The Labute approximate surface area is 194 Å². The van der Waals surface area contributed by atoms with E-state index in [0.29, 0.717) is 19.6 Å². The summed E-state index contributed by atoms with van der Waals surface area (Å²) in [6, 6.07) is 30.2. The standard InChI is InChI=1S/C27H30O4S/c1-2-23-24(28)25(29-18-20-12-6-3-7-13-20)26(30-19-21-14-8-4-9-15-21)27(31-23)32-22-16-10-5-11-17-22/h3-17,23-28H,2,18-19H2,1H3/t23?,24-,25-,26?,27+/m1/s1. The predicted molar refractivity (Wildman–Crippen MR) is 127 cm³/mol. The van der Waals surface area contributed by atoms with Gasteiger partial charge in [-0.15, -0.1) is 0 Å². The van der Waals surface area contributed by atoms with Gasteiger partial charge in [0, 0.05) is 4.90 Å². The highest BCUT2D eigenvalue weighted by Crippen LogP contribution is 2.37. The molecule has 2 unspecified atom stereocenters. The van der Waals surface area contributed by atoms with Gasteiger partial charge in [0.15, 0.2) is 0 Å². The van der Waals surface area contributed by atoms with Crippen molar-refractivity contribution in [1.29, 1.82) is 0 Å². The Balaban J connectivity index is 1.56. The van der Waals surface area contributed by atoms with Crippen LogP contribution < -0.4 is 0 Å². The van der Waals surface area contributed by atoms with E-state index in [4.69, 9.17) is 14.2 Å². The van der Waals surface area contributed by atoms with Crippen molar-refractivity contribution < 1.29 is 19.3 Å². The van der Waals surface area contributed by atoms with E-state index < -0.39 is 18.3 Å². The van der Waals surface area contributed by atoms with Crippen LogP contribution in [0.25, 0.3) is 0 Å². The van der Waals surface area contributed by atoms with Gasteiger partial charge in [0.2, 0.25) is 0 Å². The van der Waals surface area contributed by atoms with E-state index in [0.717, 1.165) is 16.0 Å². The number of aliphatic hydroxyl groups excluding tert-OH is 1. The van der Waals surface area contributed by atoms with Crippen molar-refractivity contribution >= 4 is 11.8 Å². The highest BCUT2D eigenvalue weighted by atomic mass is 32.2. The van der Waals surface area contributed by atoms with E-state index in [2.05, 4.69) is 12.1 Å². The van der Waals surface area contributed by atoms with Crippen LogP contribution in [0.4, 0.5) is 0 Å². The summed E-state index contributed by atoms with van der Waals surface area (Å²) in [6.45, 7) is 2.86. The number of aliphatic hydroxyl groups is 1. The molecule has 0 bridgehead atoms. The fourth-order valence-electron chi connectivity index (χ4n) is 3.86. The number of rotatable bonds is 9. The molecule has 3 aromatic rings. The summed E-state index contributed by atoms with van der Waals surface area (Å²) in [4.78, 5) is 1.10. The Morgan fingerprint density at radius 1 is 0.750 bits per heavy atom. The molecule has 1 N–H and O–H groups in total. The van der Waals surface area contributed by atoms with Gasteiger partial charge in [-0.2, -0.15) is 0 Å². The van der Waals surface area contributed by atoms with Crippen LogP contribution in [0.1, 0.15) is 24.5 Å². The molecule has 0 aromatic heterocycles. The minimum Gasteiger partial charge on any atom is -0.388 e. The molecular formula is C27H30O4S. The lowest BCUT2D eigenvalue weighted by molar-refractivity contribution is -0.232. The fraction of sp³-hybridized carbons (Fsp3) is 0.333. The zero-order valence-electron chi connectivity index (χ0n) is 18.2. The van der Waals surface area contributed by atoms with Gasteiger partial charge in [-0.1, -0.05) is 97.5 Å². The average molecular weight is 451 g/mol. The molecule has 32 heavy (non-hydrogen) atoms. The summed E-state index contributed by atoms with van der Waals surface area (Å²) in [5.41, 5.74) is 1.84. The lowest BCUT2D eigenvalue weighted by Crippen LogP contribution is -2.58. The third kappa shape index (κ3) is 6.00. The maximum absolute atomic E-state index is 11.1. The van der Waals surface area contributed by atoms with Crippen LogP contribution in [0.3, 0.4) is 0 Å². The van der Waals surface area contributed by atoms with Gasteiger partial charge in [0.05, 0.1) is 19.3 Å². The first-order valence-electron chi connectivity index (χ1n) is 11.1. The second-order valence-electron chi connectivity index (χ2n) is 7.90. The third-order valence-electron chi connectivity index (χ3n) is 5.59. The predicted octanol–water partition coefficient (Wildman–Crippen LogP) is 5.45. The first-order chi connectivity index (χ1) is 15.7. The maximum atomic E-state index is 11.1. The van der Waals surface area contributed by atoms with Gasteiger partial charge in [0.25, 0.3) is 0 Å². The van der Waals surface area contributed by atoms with Crippen LogP contribution in [0.5, 0.6) is 0 Å². The van der Waals surface area contributed by atoms with Gasteiger partial charge in [-0.3, -0.25) is 0 Å². The molecule has 0 radical (unpaired) electrons. The molecule has 1 heterocycles. The quantitative estimate of drug-likeness (QED) is 0.470. The molecule has 168 valence electrons. The highest BCUT2D eigenvalue weighted by Gasteiger charge is 2.46. The van der Waals surface area contributed by atoms with E-state index in [-0.39, 0.29) is 11.5 Å². The first kappa shape index (κ1) is 23.0. The number of hydrogen-bond acceptors (Lipinski definition) is 5. The molecule has 1 aliphatic heterocycles.